The van der Waals surface area contributed by atoms with Gasteiger partial charge in [-0.2, -0.15) is 0 Å². The molecule has 0 spiro atoms. The summed E-state index contributed by atoms with van der Waals surface area (Å²) in [6.45, 7) is 22.2. The second-order valence-corrected chi connectivity index (χ2v) is 24.4. The first-order chi connectivity index (χ1) is 15.1. The van der Waals surface area contributed by atoms with E-state index in [1.54, 1.807) is 0 Å². The molecular weight excluding hydrogens is 448 g/mol. The molecule has 0 aromatic rings. The van der Waals surface area contributed by atoms with E-state index in [-0.39, 0.29) is 34.5 Å². The van der Waals surface area contributed by atoms with Crippen LogP contribution in [0, 0.1) is 17.3 Å². The monoisotopic (exact) mass is 498 g/mol. The van der Waals surface area contributed by atoms with Crippen molar-refractivity contribution in [1.82, 2.24) is 0 Å². The smallest absolute Gasteiger partial charge is 0.306 e. The highest BCUT2D eigenvalue weighted by Gasteiger charge is 2.54. The summed E-state index contributed by atoms with van der Waals surface area (Å²) in [7, 11) is -2.96. The van der Waals surface area contributed by atoms with Crippen molar-refractivity contribution in [2.24, 2.45) is 17.3 Å². The second-order valence-electron chi connectivity index (χ2n) is 14.0. The number of fused-ring (bicyclic) bond motifs is 3. The number of carbonyl (C=O) groups excluding carboxylic acids is 1. The summed E-state index contributed by atoms with van der Waals surface area (Å²) in [6, 6.07) is 1.13. The Morgan fingerprint density at radius 3 is 2.36 bits per heavy atom. The molecule has 2 saturated carbocycles. The maximum absolute atomic E-state index is 12.3. The van der Waals surface area contributed by atoms with Gasteiger partial charge in [0.2, 0.25) is 0 Å². The number of hydrogen-bond donors (Lipinski definition) is 0. The molecule has 2 aliphatic carbocycles. The lowest BCUT2D eigenvalue weighted by Crippen LogP contribution is -2.54. The SMILES string of the molecule is CC(C)(C)[Si](C)(C)O[C@@H]1CC[C@]2(C)CC1CC[C@H]1CC(=O)O[C@H]1[C@@H]2OCOCC[Si](C)(C)C. The average Bonchev–Trinajstić information content (AvgIpc) is 3.01. The third kappa shape index (κ3) is 6.72. The number of hydrogen-bond acceptors (Lipinski definition) is 5. The minimum Gasteiger partial charge on any atom is -0.459 e. The summed E-state index contributed by atoms with van der Waals surface area (Å²) in [5, 5.41) is 0.213. The van der Waals surface area contributed by atoms with E-state index in [4.69, 9.17) is 18.6 Å². The van der Waals surface area contributed by atoms with Crippen LogP contribution < -0.4 is 0 Å². The van der Waals surface area contributed by atoms with Crippen molar-refractivity contribution in [2.45, 2.75) is 128 Å². The predicted octanol–water partition coefficient (Wildman–Crippen LogP) is 6.61. The Morgan fingerprint density at radius 1 is 1.06 bits per heavy atom. The number of esters is 1. The summed E-state index contributed by atoms with van der Waals surface area (Å²) in [5.74, 6) is 0.707. The Bertz CT molecular complexity index is 683. The van der Waals surface area contributed by atoms with Gasteiger partial charge in [0.05, 0.1) is 6.42 Å². The number of rotatable bonds is 8. The van der Waals surface area contributed by atoms with Crippen LogP contribution in [-0.2, 0) is 23.4 Å². The van der Waals surface area contributed by atoms with E-state index in [9.17, 15) is 4.79 Å². The maximum Gasteiger partial charge on any atom is 0.306 e. The molecule has 1 aliphatic heterocycles. The van der Waals surface area contributed by atoms with Crippen molar-refractivity contribution < 1.29 is 23.4 Å². The largest absolute Gasteiger partial charge is 0.459 e. The zero-order chi connectivity index (χ0) is 24.7. The summed E-state index contributed by atoms with van der Waals surface area (Å²) in [5.41, 5.74) is -0.0198. The Hall–Kier alpha value is -0.216. The van der Waals surface area contributed by atoms with Gasteiger partial charge in [-0.3, -0.25) is 4.79 Å². The fraction of sp³-hybridized carbons (Fsp3) is 0.962. The molecule has 0 N–H and O–H groups in total. The molecule has 0 aromatic heterocycles. The highest BCUT2D eigenvalue weighted by atomic mass is 28.4. The maximum atomic E-state index is 12.3. The Kier molecular flexibility index (Phi) is 8.32. The van der Waals surface area contributed by atoms with E-state index >= 15 is 0 Å². The van der Waals surface area contributed by atoms with Crippen LogP contribution in [0.25, 0.3) is 0 Å². The lowest BCUT2D eigenvalue weighted by atomic mass is 9.61. The quantitative estimate of drug-likeness (QED) is 0.163. The van der Waals surface area contributed by atoms with Crippen LogP contribution >= 0.6 is 0 Å². The van der Waals surface area contributed by atoms with E-state index in [2.05, 4.69) is 60.4 Å². The van der Waals surface area contributed by atoms with Crippen molar-refractivity contribution in [3.63, 3.8) is 0 Å². The molecule has 1 saturated heterocycles. The number of ether oxygens (including phenoxy) is 3. The van der Waals surface area contributed by atoms with Crippen LogP contribution in [0.5, 0.6) is 0 Å². The molecule has 0 amide bonds. The summed E-state index contributed by atoms with van der Waals surface area (Å²) in [4.78, 5) is 12.3. The molecular formula is C26H50O5Si2. The average molecular weight is 499 g/mol. The zero-order valence-electron chi connectivity index (χ0n) is 22.8. The minimum atomic E-state index is -1.83. The number of carbonyl (C=O) groups is 1. The van der Waals surface area contributed by atoms with Gasteiger partial charge in [0.15, 0.2) is 8.32 Å². The first-order valence-electron chi connectivity index (χ1n) is 13.2. The van der Waals surface area contributed by atoms with Gasteiger partial charge in [0.25, 0.3) is 0 Å². The fourth-order valence-corrected chi connectivity index (χ4v) is 7.86. The first kappa shape index (κ1) is 27.4. The molecule has 0 radical (unpaired) electrons. The first-order valence-corrected chi connectivity index (χ1v) is 19.8. The molecule has 6 atom stereocenters. The van der Waals surface area contributed by atoms with Crippen LogP contribution in [-0.4, -0.2) is 54.1 Å². The van der Waals surface area contributed by atoms with Crippen LogP contribution in [0.2, 0.25) is 43.8 Å². The second kappa shape index (κ2) is 10.0. The highest BCUT2D eigenvalue weighted by molar-refractivity contribution is 6.76. The van der Waals surface area contributed by atoms with Crippen molar-refractivity contribution in [3.05, 3.63) is 0 Å². The Morgan fingerprint density at radius 2 is 1.73 bits per heavy atom. The van der Waals surface area contributed by atoms with E-state index < -0.39 is 16.4 Å². The lowest BCUT2D eigenvalue weighted by Gasteiger charge is -2.52. The highest BCUT2D eigenvalue weighted by Crippen LogP contribution is 2.52. The van der Waals surface area contributed by atoms with Gasteiger partial charge < -0.3 is 18.6 Å². The van der Waals surface area contributed by atoms with Crippen LogP contribution in [0.4, 0.5) is 0 Å². The topological polar surface area (TPSA) is 54.0 Å². The van der Waals surface area contributed by atoms with E-state index in [0.29, 0.717) is 25.2 Å². The van der Waals surface area contributed by atoms with Gasteiger partial charge in [-0.05, 0) is 67.6 Å². The molecule has 1 unspecified atom stereocenters. The van der Waals surface area contributed by atoms with E-state index in [1.807, 2.05) is 0 Å². The third-order valence-corrected chi connectivity index (χ3v) is 15.1. The molecule has 7 heteroatoms. The fourth-order valence-electron chi connectivity index (χ4n) is 5.68. The van der Waals surface area contributed by atoms with Crippen molar-refractivity contribution in [2.75, 3.05) is 13.4 Å². The lowest BCUT2D eigenvalue weighted by molar-refractivity contribution is -0.196. The molecule has 33 heavy (non-hydrogen) atoms. The molecule has 3 aliphatic rings. The molecule has 3 rings (SSSR count). The van der Waals surface area contributed by atoms with Gasteiger partial charge in [0, 0.05) is 26.7 Å². The van der Waals surface area contributed by atoms with Gasteiger partial charge >= 0.3 is 5.97 Å². The van der Waals surface area contributed by atoms with Crippen molar-refractivity contribution in [1.29, 1.82) is 0 Å². The van der Waals surface area contributed by atoms with Crippen LogP contribution in [0.1, 0.15) is 66.2 Å². The van der Waals surface area contributed by atoms with E-state index in [1.165, 1.54) is 0 Å². The minimum absolute atomic E-state index is 0.0198. The third-order valence-electron chi connectivity index (χ3n) is 8.89. The van der Waals surface area contributed by atoms with Gasteiger partial charge in [-0.25, -0.2) is 0 Å². The van der Waals surface area contributed by atoms with Gasteiger partial charge in [-0.1, -0.05) is 47.3 Å². The molecule has 0 aromatic carbocycles. The predicted molar refractivity (Wildman–Crippen MR) is 139 cm³/mol. The van der Waals surface area contributed by atoms with Gasteiger partial charge in [0.1, 0.15) is 19.0 Å². The van der Waals surface area contributed by atoms with Gasteiger partial charge in [-0.15, -0.1) is 0 Å². The molecule has 192 valence electrons. The van der Waals surface area contributed by atoms with Crippen molar-refractivity contribution >= 4 is 22.4 Å². The van der Waals surface area contributed by atoms with Crippen LogP contribution in [0.3, 0.4) is 0 Å². The molecule has 1 heterocycles. The normalized spacial score (nSPS) is 35.5. The molecule has 3 fully saturated rings. The summed E-state index contributed by atoms with van der Waals surface area (Å²) >= 11 is 0. The standard InChI is InChI=1S/C26H50O5Si2/c1-25(2,3)33(8,9)31-21-12-13-26(4)17-20(21)11-10-19-16-22(27)30-23(19)24(26)29-18-28-14-15-32(5,6)7/h19-21,23-24H,10-18H2,1-9H3/t19-,20?,21+,23+,24-,26+/m0/s1. The molecule has 2 bridgehead atoms. The summed E-state index contributed by atoms with van der Waals surface area (Å²) < 4.78 is 25.2. The Balaban J connectivity index is 1.72. The van der Waals surface area contributed by atoms with Crippen LogP contribution in [0.15, 0.2) is 0 Å². The molecule has 5 nitrogen and oxygen atoms in total. The van der Waals surface area contributed by atoms with E-state index in [0.717, 1.165) is 44.8 Å². The Labute approximate surface area is 204 Å². The summed E-state index contributed by atoms with van der Waals surface area (Å²) in [6.07, 6.45) is 5.93. The zero-order valence-corrected chi connectivity index (χ0v) is 24.8. The van der Waals surface area contributed by atoms with Crippen molar-refractivity contribution in [3.8, 4) is 0 Å².